The fourth-order valence-electron chi connectivity index (χ4n) is 1.46. The molecule has 0 aliphatic rings. The Morgan fingerprint density at radius 3 is 2.57 bits per heavy atom. The molecule has 10 heteroatoms. The van der Waals surface area contributed by atoms with E-state index < -0.39 is 39.4 Å². The minimum Gasteiger partial charge on any atom is -0.312 e. The van der Waals surface area contributed by atoms with Crippen molar-refractivity contribution in [2.75, 3.05) is 5.32 Å². The Bertz CT molecular complexity index is 770. The van der Waals surface area contributed by atoms with Crippen LogP contribution in [0.25, 0.3) is 0 Å². The van der Waals surface area contributed by atoms with E-state index in [2.05, 4.69) is 5.10 Å². The van der Waals surface area contributed by atoms with Gasteiger partial charge >= 0.3 is 0 Å². The molecule has 2 N–H and O–H groups in total. The first-order chi connectivity index (χ1) is 9.90. The zero-order chi connectivity index (χ0) is 15.6. The van der Waals surface area contributed by atoms with Crippen LogP contribution in [0.5, 0.6) is 0 Å². The average molecular weight is 296 g/mol. The number of nitro benzene ring substituents is 1. The average Bonchev–Trinajstić information content (AvgIpc) is 2.44. The lowest BCUT2D eigenvalue weighted by Gasteiger charge is -2.06. The van der Waals surface area contributed by atoms with Gasteiger partial charge in [0.1, 0.15) is 5.69 Å². The number of benzene rings is 1. The molecule has 0 aliphatic carbocycles. The van der Waals surface area contributed by atoms with E-state index in [0.29, 0.717) is 12.1 Å². The fraction of sp³-hybridized carbons (Fsp3) is 0. The Labute approximate surface area is 114 Å². The first-order valence-electron chi connectivity index (χ1n) is 5.39. The van der Waals surface area contributed by atoms with Gasteiger partial charge in [-0.3, -0.25) is 19.7 Å². The molecule has 1 aromatic heterocycles. The number of aromatic amines is 1. The van der Waals surface area contributed by atoms with Gasteiger partial charge in [-0.25, -0.2) is 13.9 Å². The molecule has 0 bridgehead atoms. The largest absolute Gasteiger partial charge is 0.312 e. The van der Waals surface area contributed by atoms with Crippen LogP contribution in [0.2, 0.25) is 0 Å². The zero-order valence-electron chi connectivity index (χ0n) is 10.1. The molecule has 0 unspecified atom stereocenters. The summed E-state index contributed by atoms with van der Waals surface area (Å²) < 4.78 is 26.7. The van der Waals surface area contributed by atoms with Crippen LogP contribution in [-0.2, 0) is 0 Å². The van der Waals surface area contributed by atoms with Gasteiger partial charge in [0.2, 0.25) is 0 Å². The molecule has 0 atom stereocenters. The number of nitro groups is 1. The summed E-state index contributed by atoms with van der Waals surface area (Å²) in [4.78, 5) is 32.3. The predicted octanol–water partition coefficient (Wildman–Crippen LogP) is 1.21. The van der Waals surface area contributed by atoms with Crippen LogP contribution in [0.4, 0.5) is 20.2 Å². The number of nitrogens with zero attached hydrogens (tertiary/aromatic N) is 2. The summed E-state index contributed by atoms with van der Waals surface area (Å²) in [6.45, 7) is 0. The molecule has 0 fully saturated rings. The summed E-state index contributed by atoms with van der Waals surface area (Å²) in [6.07, 6.45) is 0. The fourth-order valence-corrected chi connectivity index (χ4v) is 1.46. The molecule has 108 valence electrons. The summed E-state index contributed by atoms with van der Waals surface area (Å²) >= 11 is 0. The van der Waals surface area contributed by atoms with Crippen molar-refractivity contribution in [2.24, 2.45) is 0 Å². The number of amides is 1. The molecule has 1 amide bonds. The molecular formula is C11H6F2N4O4. The zero-order valence-corrected chi connectivity index (χ0v) is 10.1. The summed E-state index contributed by atoms with van der Waals surface area (Å²) in [6, 6.07) is 3.30. The van der Waals surface area contributed by atoms with Gasteiger partial charge in [0, 0.05) is 12.1 Å². The van der Waals surface area contributed by atoms with Crippen LogP contribution in [-0.4, -0.2) is 21.0 Å². The van der Waals surface area contributed by atoms with E-state index in [1.54, 1.807) is 0 Å². The number of hydrogen-bond donors (Lipinski definition) is 2. The number of carbonyl (C=O) groups is 1. The second-order valence-corrected chi connectivity index (χ2v) is 3.77. The van der Waals surface area contributed by atoms with Crippen LogP contribution >= 0.6 is 0 Å². The Balaban J connectivity index is 2.41. The summed E-state index contributed by atoms with van der Waals surface area (Å²) in [5.41, 5.74) is -2.63. The highest BCUT2D eigenvalue weighted by molar-refractivity contribution is 6.04. The molecule has 0 radical (unpaired) electrons. The number of carbonyl (C=O) groups excluding carboxylic acids is 1. The van der Waals surface area contributed by atoms with E-state index in [1.807, 2.05) is 10.4 Å². The Hall–Kier alpha value is -3.17. The number of nitrogens with one attached hydrogen (secondary N) is 2. The molecule has 0 spiro atoms. The van der Waals surface area contributed by atoms with Crippen LogP contribution < -0.4 is 10.9 Å². The molecule has 21 heavy (non-hydrogen) atoms. The van der Waals surface area contributed by atoms with Gasteiger partial charge in [-0.05, 0) is 12.1 Å². The normalized spacial score (nSPS) is 10.2. The minimum atomic E-state index is -1.57. The van der Waals surface area contributed by atoms with E-state index in [1.165, 1.54) is 0 Å². The van der Waals surface area contributed by atoms with Gasteiger partial charge in [0.15, 0.2) is 17.3 Å². The van der Waals surface area contributed by atoms with E-state index in [9.17, 15) is 28.5 Å². The number of H-pyrrole nitrogens is 1. The second kappa shape index (κ2) is 5.45. The van der Waals surface area contributed by atoms with Crippen LogP contribution in [0.15, 0.2) is 29.1 Å². The first kappa shape index (κ1) is 14.2. The minimum absolute atomic E-state index is 0.326. The van der Waals surface area contributed by atoms with Crippen molar-refractivity contribution in [2.45, 2.75) is 0 Å². The predicted molar refractivity (Wildman–Crippen MR) is 65.8 cm³/mol. The lowest BCUT2D eigenvalue weighted by molar-refractivity contribution is -0.384. The highest BCUT2D eigenvalue weighted by Crippen LogP contribution is 2.29. The van der Waals surface area contributed by atoms with Crippen LogP contribution in [0, 0.1) is 21.7 Å². The Morgan fingerprint density at radius 1 is 1.29 bits per heavy atom. The SMILES string of the molecule is O=C(Nc1c([N+](=O)[O-])ccc(F)c1F)c1ccc(=O)[nH]n1. The number of hydrogen-bond acceptors (Lipinski definition) is 5. The number of rotatable bonds is 3. The van der Waals surface area contributed by atoms with Gasteiger partial charge in [-0.1, -0.05) is 0 Å². The van der Waals surface area contributed by atoms with Crippen LogP contribution in [0.1, 0.15) is 10.5 Å². The molecule has 1 aromatic carbocycles. The van der Waals surface area contributed by atoms with E-state index >= 15 is 0 Å². The van der Waals surface area contributed by atoms with Crippen molar-refractivity contribution >= 4 is 17.3 Å². The third-order valence-electron chi connectivity index (χ3n) is 2.42. The lowest BCUT2D eigenvalue weighted by atomic mass is 10.2. The number of halogens is 2. The molecule has 1 heterocycles. The van der Waals surface area contributed by atoms with Crippen molar-refractivity contribution in [1.29, 1.82) is 0 Å². The third kappa shape index (κ3) is 2.88. The summed E-state index contributed by atoms with van der Waals surface area (Å²) in [7, 11) is 0. The van der Waals surface area contributed by atoms with Crippen molar-refractivity contribution in [1.82, 2.24) is 10.2 Å². The summed E-state index contributed by atoms with van der Waals surface area (Å²) in [5, 5.41) is 17.9. The molecule has 2 aromatic rings. The maximum absolute atomic E-state index is 13.6. The van der Waals surface area contributed by atoms with Gasteiger partial charge in [-0.2, -0.15) is 5.10 Å². The quantitative estimate of drug-likeness (QED) is 0.652. The van der Waals surface area contributed by atoms with Crippen molar-refractivity contribution in [3.63, 3.8) is 0 Å². The van der Waals surface area contributed by atoms with Gasteiger partial charge in [0.05, 0.1) is 4.92 Å². The lowest BCUT2D eigenvalue weighted by Crippen LogP contribution is -2.19. The highest BCUT2D eigenvalue weighted by Gasteiger charge is 2.24. The van der Waals surface area contributed by atoms with E-state index in [-0.39, 0.29) is 5.69 Å². The molecule has 2 rings (SSSR count). The van der Waals surface area contributed by atoms with Crippen molar-refractivity contribution in [3.05, 3.63) is 62.1 Å². The van der Waals surface area contributed by atoms with Crippen molar-refractivity contribution < 1.29 is 18.5 Å². The second-order valence-electron chi connectivity index (χ2n) is 3.77. The third-order valence-corrected chi connectivity index (χ3v) is 2.42. The molecule has 0 aliphatic heterocycles. The molecule has 8 nitrogen and oxygen atoms in total. The van der Waals surface area contributed by atoms with Gasteiger partial charge in [0.25, 0.3) is 17.2 Å². The maximum atomic E-state index is 13.6. The Kier molecular flexibility index (Phi) is 3.69. The highest BCUT2D eigenvalue weighted by atomic mass is 19.2. The van der Waals surface area contributed by atoms with Gasteiger partial charge in [-0.15, -0.1) is 0 Å². The smallest absolute Gasteiger partial charge is 0.296 e. The molecule has 0 saturated heterocycles. The van der Waals surface area contributed by atoms with E-state index in [0.717, 1.165) is 12.1 Å². The van der Waals surface area contributed by atoms with Crippen LogP contribution in [0.3, 0.4) is 0 Å². The maximum Gasteiger partial charge on any atom is 0.296 e. The van der Waals surface area contributed by atoms with E-state index in [4.69, 9.17) is 0 Å². The topological polar surface area (TPSA) is 118 Å². The standard InChI is InChI=1S/C11H6F2N4O4/c12-5-1-3-7(17(20)21)10(9(5)13)14-11(19)6-2-4-8(18)16-15-6/h1-4H,(H,14,19)(H,16,18). The molecular weight excluding hydrogens is 290 g/mol. The first-order valence-corrected chi connectivity index (χ1v) is 5.39. The van der Waals surface area contributed by atoms with Gasteiger partial charge < -0.3 is 5.32 Å². The molecule has 0 saturated carbocycles. The number of aromatic nitrogens is 2. The monoisotopic (exact) mass is 296 g/mol. The van der Waals surface area contributed by atoms with Crippen molar-refractivity contribution in [3.8, 4) is 0 Å². The summed E-state index contributed by atoms with van der Waals surface area (Å²) in [5.74, 6) is -3.97. The Morgan fingerprint density at radius 2 is 2.00 bits per heavy atom. The number of anilines is 1.